The predicted molar refractivity (Wildman–Crippen MR) is 116 cm³/mol. The quantitative estimate of drug-likeness (QED) is 0.674. The van der Waals surface area contributed by atoms with Gasteiger partial charge in [-0.15, -0.1) is 0 Å². The zero-order valence-corrected chi connectivity index (χ0v) is 18.9. The van der Waals surface area contributed by atoms with Crippen LogP contribution < -0.4 is 10.1 Å². The summed E-state index contributed by atoms with van der Waals surface area (Å²) in [5.41, 5.74) is 1.24. The number of hydrogen-bond acceptors (Lipinski definition) is 4. The van der Waals surface area contributed by atoms with Crippen LogP contribution in [-0.2, 0) is 10.0 Å². The van der Waals surface area contributed by atoms with Gasteiger partial charge in [0.05, 0.1) is 13.2 Å². The minimum absolute atomic E-state index is 0.0332. The molecule has 1 aliphatic rings. The zero-order valence-electron chi connectivity index (χ0n) is 16.5. The van der Waals surface area contributed by atoms with Gasteiger partial charge in [-0.25, -0.2) is 8.42 Å². The molecular weight excluding hydrogens is 456 g/mol. The number of benzene rings is 2. The molecule has 0 bridgehead atoms. The SMILES string of the molecule is COc1ccc(C(=O)N[C@@H](C)c2ccc(Br)cc2)cc1S(=O)(=O)N1CCCCC1. The summed E-state index contributed by atoms with van der Waals surface area (Å²) in [6.45, 7) is 2.86. The molecule has 8 heteroatoms. The van der Waals surface area contributed by atoms with Crippen molar-refractivity contribution in [1.29, 1.82) is 0 Å². The third-order valence-electron chi connectivity index (χ3n) is 5.08. The number of hydrogen-bond donors (Lipinski definition) is 1. The average Bonchev–Trinajstić information content (AvgIpc) is 2.74. The maximum absolute atomic E-state index is 13.1. The van der Waals surface area contributed by atoms with Gasteiger partial charge in [-0.05, 0) is 55.7 Å². The molecule has 156 valence electrons. The highest BCUT2D eigenvalue weighted by Crippen LogP contribution is 2.30. The maximum Gasteiger partial charge on any atom is 0.251 e. The Bertz CT molecular complexity index is 971. The van der Waals surface area contributed by atoms with Crippen molar-refractivity contribution in [3.63, 3.8) is 0 Å². The highest BCUT2D eigenvalue weighted by atomic mass is 79.9. The summed E-state index contributed by atoms with van der Waals surface area (Å²) in [7, 11) is -2.29. The smallest absolute Gasteiger partial charge is 0.251 e. The van der Waals surface area contributed by atoms with E-state index < -0.39 is 10.0 Å². The van der Waals surface area contributed by atoms with Crippen LogP contribution in [0.1, 0.15) is 48.1 Å². The minimum Gasteiger partial charge on any atom is -0.495 e. The van der Waals surface area contributed by atoms with E-state index in [0.717, 1.165) is 29.3 Å². The Morgan fingerprint density at radius 3 is 2.38 bits per heavy atom. The molecule has 0 radical (unpaired) electrons. The lowest BCUT2D eigenvalue weighted by molar-refractivity contribution is 0.0939. The normalized spacial score (nSPS) is 16.2. The number of rotatable bonds is 6. The Morgan fingerprint density at radius 2 is 1.76 bits per heavy atom. The topological polar surface area (TPSA) is 75.7 Å². The third-order valence-corrected chi connectivity index (χ3v) is 7.52. The highest BCUT2D eigenvalue weighted by Gasteiger charge is 2.29. The Morgan fingerprint density at radius 1 is 1.10 bits per heavy atom. The standard InChI is InChI=1S/C21H25BrN2O4S/c1-15(16-6-9-18(22)10-7-16)23-21(25)17-8-11-19(28-2)20(14-17)29(26,27)24-12-4-3-5-13-24/h6-11,14-15H,3-5,12-13H2,1-2H3,(H,23,25)/t15-/m0/s1. The van der Waals surface area contributed by atoms with E-state index in [0.29, 0.717) is 13.1 Å². The van der Waals surface area contributed by atoms with Crippen molar-refractivity contribution in [1.82, 2.24) is 9.62 Å². The van der Waals surface area contributed by atoms with Gasteiger partial charge in [0, 0.05) is 23.1 Å². The Balaban J connectivity index is 1.85. The number of ether oxygens (including phenoxy) is 1. The first-order valence-electron chi connectivity index (χ1n) is 9.57. The van der Waals surface area contributed by atoms with Crippen molar-refractivity contribution in [2.75, 3.05) is 20.2 Å². The fraction of sp³-hybridized carbons (Fsp3) is 0.381. The van der Waals surface area contributed by atoms with E-state index in [2.05, 4.69) is 21.2 Å². The minimum atomic E-state index is -3.72. The summed E-state index contributed by atoms with van der Waals surface area (Å²) in [6, 6.07) is 12.0. The lowest BCUT2D eigenvalue weighted by Crippen LogP contribution is -2.36. The zero-order chi connectivity index (χ0) is 21.0. The Kier molecular flexibility index (Phi) is 6.97. The van der Waals surface area contributed by atoms with Crippen LogP contribution in [0.15, 0.2) is 51.8 Å². The first-order valence-corrected chi connectivity index (χ1v) is 11.8. The lowest BCUT2D eigenvalue weighted by Gasteiger charge is -2.26. The van der Waals surface area contributed by atoms with Gasteiger partial charge in [0.15, 0.2) is 0 Å². The second-order valence-corrected chi connectivity index (χ2v) is 9.90. The molecule has 0 spiro atoms. The molecule has 1 N–H and O–H groups in total. The molecule has 1 aliphatic heterocycles. The number of nitrogens with zero attached hydrogens (tertiary/aromatic N) is 1. The molecule has 1 atom stereocenters. The molecular formula is C21H25BrN2O4S. The van der Waals surface area contributed by atoms with Crippen molar-refractivity contribution < 1.29 is 17.9 Å². The molecule has 2 aromatic carbocycles. The van der Waals surface area contributed by atoms with Crippen LogP contribution in [-0.4, -0.2) is 38.8 Å². The molecule has 0 unspecified atom stereocenters. The molecule has 1 fully saturated rings. The number of carbonyl (C=O) groups is 1. The van der Waals surface area contributed by atoms with Gasteiger partial charge in [-0.3, -0.25) is 4.79 Å². The summed E-state index contributed by atoms with van der Waals surface area (Å²) in [5.74, 6) is -0.0914. The second-order valence-electron chi connectivity index (χ2n) is 7.08. The summed E-state index contributed by atoms with van der Waals surface area (Å²) in [6.07, 6.45) is 2.71. The molecule has 1 saturated heterocycles. The van der Waals surface area contributed by atoms with Crippen molar-refractivity contribution in [3.8, 4) is 5.75 Å². The van der Waals surface area contributed by atoms with Crippen molar-refractivity contribution in [2.24, 2.45) is 0 Å². The number of sulfonamides is 1. The van der Waals surface area contributed by atoms with Crippen LogP contribution >= 0.6 is 15.9 Å². The summed E-state index contributed by atoms with van der Waals surface area (Å²) >= 11 is 3.39. The molecule has 6 nitrogen and oxygen atoms in total. The fourth-order valence-corrected chi connectivity index (χ4v) is 5.34. The van der Waals surface area contributed by atoms with Crippen molar-refractivity contribution >= 4 is 31.9 Å². The van der Waals surface area contributed by atoms with Crippen LogP contribution in [0.4, 0.5) is 0 Å². The fourth-order valence-electron chi connectivity index (χ4n) is 3.38. The van der Waals surface area contributed by atoms with Crippen LogP contribution in [0.3, 0.4) is 0 Å². The van der Waals surface area contributed by atoms with Gasteiger partial charge in [0.25, 0.3) is 5.91 Å². The molecule has 29 heavy (non-hydrogen) atoms. The van der Waals surface area contributed by atoms with Crippen molar-refractivity contribution in [3.05, 3.63) is 58.1 Å². The number of methoxy groups -OCH3 is 1. The maximum atomic E-state index is 13.1. The summed E-state index contributed by atoms with van der Waals surface area (Å²) in [5, 5.41) is 2.92. The molecule has 0 saturated carbocycles. The predicted octanol–water partition coefficient (Wildman–Crippen LogP) is 4.12. The van der Waals surface area contributed by atoms with E-state index in [1.54, 1.807) is 6.07 Å². The van der Waals surface area contributed by atoms with Crippen molar-refractivity contribution in [2.45, 2.75) is 37.1 Å². The van der Waals surface area contributed by atoms with E-state index in [4.69, 9.17) is 4.74 Å². The molecule has 1 amide bonds. The van der Waals surface area contributed by atoms with Gasteiger partial charge in [-0.1, -0.05) is 34.5 Å². The van der Waals surface area contributed by atoms with Crippen LogP contribution in [0, 0.1) is 0 Å². The number of halogens is 1. The highest BCUT2D eigenvalue weighted by molar-refractivity contribution is 9.10. The van der Waals surface area contributed by atoms with Gasteiger partial charge in [0.1, 0.15) is 10.6 Å². The monoisotopic (exact) mass is 480 g/mol. The van der Waals surface area contributed by atoms with E-state index in [-0.39, 0.29) is 28.2 Å². The van der Waals surface area contributed by atoms with Gasteiger partial charge in [-0.2, -0.15) is 4.31 Å². The van der Waals surface area contributed by atoms with Crippen LogP contribution in [0.2, 0.25) is 0 Å². The molecule has 0 aliphatic carbocycles. The van der Waals surface area contributed by atoms with Gasteiger partial charge < -0.3 is 10.1 Å². The molecule has 1 heterocycles. The van der Waals surface area contributed by atoms with E-state index in [1.807, 2.05) is 31.2 Å². The lowest BCUT2D eigenvalue weighted by atomic mass is 10.1. The van der Waals surface area contributed by atoms with E-state index in [1.165, 1.54) is 23.5 Å². The van der Waals surface area contributed by atoms with Crippen LogP contribution in [0.5, 0.6) is 5.75 Å². The van der Waals surface area contributed by atoms with E-state index in [9.17, 15) is 13.2 Å². The van der Waals surface area contributed by atoms with Crippen LogP contribution in [0.25, 0.3) is 0 Å². The Hall–Kier alpha value is -1.90. The average molecular weight is 481 g/mol. The van der Waals surface area contributed by atoms with Gasteiger partial charge in [0.2, 0.25) is 10.0 Å². The molecule has 0 aromatic heterocycles. The number of piperidine rings is 1. The molecule has 2 aromatic rings. The number of nitrogens with one attached hydrogen (secondary N) is 1. The van der Waals surface area contributed by atoms with E-state index >= 15 is 0 Å². The number of amides is 1. The second kappa shape index (κ2) is 9.28. The summed E-state index contributed by atoms with van der Waals surface area (Å²) < 4.78 is 34.0. The molecule has 3 rings (SSSR count). The first-order chi connectivity index (χ1) is 13.8. The largest absolute Gasteiger partial charge is 0.495 e. The number of carbonyl (C=O) groups excluding carboxylic acids is 1. The summed E-state index contributed by atoms with van der Waals surface area (Å²) in [4.78, 5) is 12.8. The van der Waals surface area contributed by atoms with Gasteiger partial charge >= 0.3 is 0 Å². The Labute approximate surface area is 180 Å². The first kappa shape index (κ1) is 21.8. The third kappa shape index (κ3) is 4.99.